The van der Waals surface area contributed by atoms with Gasteiger partial charge in [-0.05, 0) is 24.3 Å². The maximum absolute atomic E-state index is 13.7. The van der Waals surface area contributed by atoms with Gasteiger partial charge in [0, 0.05) is 16.3 Å². The van der Waals surface area contributed by atoms with E-state index in [9.17, 15) is 13.2 Å². The first-order valence-electron chi connectivity index (χ1n) is 5.46. The van der Waals surface area contributed by atoms with E-state index in [0.29, 0.717) is 0 Å². The molecule has 20 heavy (non-hydrogen) atoms. The molecule has 2 N–H and O–H groups in total. The Labute approximate surface area is 123 Å². The molecule has 0 aliphatic rings. The molecule has 0 heterocycles. The van der Waals surface area contributed by atoms with Crippen LogP contribution in [0.4, 0.5) is 13.2 Å². The van der Waals surface area contributed by atoms with E-state index in [1.807, 2.05) is 0 Å². The number of hydrogen-bond acceptors (Lipinski definition) is 1. The standard InChI is InChI=1S/C14H8Cl2F3N/c15-8-5-10(17)13(11(18)6-8)12(20)4-7-2-1-3-9(16)14(7)19/h1-6H,20H2/b12-4-. The lowest BCUT2D eigenvalue weighted by molar-refractivity contribution is 0.577. The second-order valence-electron chi connectivity index (χ2n) is 3.99. The molecule has 0 saturated carbocycles. The number of nitrogens with two attached hydrogens (primary N) is 1. The summed E-state index contributed by atoms with van der Waals surface area (Å²) < 4.78 is 41.1. The summed E-state index contributed by atoms with van der Waals surface area (Å²) in [5.41, 5.74) is 4.93. The van der Waals surface area contributed by atoms with Crippen LogP contribution in [0.5, 0.6) is 0 Å². The van der Waals surface area contributed by atoms with Gasteiger partial charge in [-0.25, -0.2) is 13.2 Å². The van der Waals surface area contributed by atoms with Gasteiger partial charge in [-0.15, -0.1) is 0 Å². The van der Waals surface area contributed by atoms with Crippen LogP contribution in [0.3, 0.4) is 0 Å². The molecule has 2 aromatic rings. The molecule has 0 fully saturated rings. The van der Waals surface area contributed by atoms with E-state index in [1.54, 1.807) is 0 Å². The fraction of sp³-hybridized carbons (Fsp3) is 0. The lowest BCUT2D eigenvalue weighted by Crippen LogP contribution is -2.03. The smallest absolute Gasteiger partial charge is 0.149 e. The lowest BCUT2D eigenvalue weighted by Gasteiger charge is -2.07. The monoisotopic (exact) mass is 317 g/mol. The third kappa shape index (κ3) is 2.92. The summed E-state index contributed by atoms with van der Waals surface area (Å²) in [7, 11) is 0. The van der Waals surface area contributed by atoms with Crippen LogP contribution in [-0.2, 0) is 0 Å². The molecule has 0 atom stereocenters. The molecule has 0 unspecified atom stereocenters. The first-order valence-corrected chi connectivity index (χ1v) is 6.22. The van der Waals surface area contributed by atoms with E-state index >= 15 is 0 Å². The van der Waals surface area contributed by atoms with Gasteiger partial charge in [-0.3, -0.25) is 0 Å². The van der Waals surface area contributed by atoms with E-state index in [0.717, 1.165) is 18.2 Å². The topological polar surface area (TPSA) is 26.0 Å². The third-order valence-corrected chi connectivity index (χ3v) is 3.10. The first-order chi connectivity index (χ1) is 9.40. The van der Waals surface area contributed by atoms with Crippen molar-refractivity contribution in [3.05, 3.63) is 69.0 Å². The number of hydrogen-bond donors (Lipinski definition) is 1. The quantitative estimate of drug-likeness (QED) is 0.786. The Hall–Kier alpha value is -1.65. The summed E-state index contributed by atoms with van der Waals surface area (Å²) in [5, 5.41) is -0.200. The molecule has 2 rings (SSSR count). The van der Waals surface area contributed by atoms with Gasteiger partial charge < -0.3 is 5.73 Å². The predicted octanol–water partition coefficient (Wildman–Crippen LogP) is 4.87. The average molecular weight is 318 g/mol. The third-order valence-electron chi connectivity index (χ3n) is 2.59. The van der Waals surface area contributed by atoms with Gasteiger partial charge in [0.05, 0.1) is 10.6 Å². The highest BCUT2D eigenvalue weighted by Gasteiger charge is 2.14. The van der Waals surface area contributed by atoms with Crippen LogP contribution in [0.15, 0.2) is 30.3 Å². The molecular weight excluding hydrogens is 310 g/mol. The molecule has 0 aromatic heterocycles. The Morgan fingerprint density at radius 2 is 1.65 bits per heavy atom. The van der Waals surface area contributed by atoms with Gasteiger partial charge in [0.25, 0.3) is 0 Å². The van der Waals surface area contributed by atoms with Crippen LogP contribution in [0, 0.1) is 17.5 Å². The molecule has 1 nitrogen and oxygen atoms in total. The minimum absolute atomic E-state index is 0.0313. The van der Waals surface area contributed by atoms with E-state index in [-0.39, 0.29) is 21.3 Å². The van der Waals surface area contributed by atoms with Crippen LogP contribution in [0.1, 0.15) is 11.1 Å². The maximum Gasteiger partial charge on any atom is 0.149 e. The van der Waals surface area contributed by atoms with Crippen molar-refractivity contribution in [1.29, 1.82) is 0 Å². The lowest BCUT2D eigenvalue weighted by atomic mass is 10.1. The summed E-state index contributed by atoms with van der Waals surface area (Å²) in [4.78, 5) is 0. The second kappa shape index (κ2) is 5.77. The normalized spacial score (nSPS) is 11.8. The summed E-state index contributed by atoms with van der Waals surface area (Å²) in [6.07, 6.45) is 1.11. The van der Waals surface area contributed by atoms with Crippen molar-refractivity contribution in [2.45, 2.75) is 0 Å². The van der Waals surface area contributed by atoms with Gasteiger partial charge in [-0.1, -0.05) is 35.3 Å². The molecule has 0 amide bonds. The Morgan fingerprint density at radius 3 is 2.25 bits per heavy atom. The molecule has 2 aromatic carbocycles. The molecule has 6 heteroatoms. The first kappa shape index (κ1) is 14.8. The predicted molar refractivity (Wildman–Crippen MR) is 74.8 cm³/mol. The molecule has 0 radical (unpaired) electrons. The van der Waals surface area contributed by atoms with Gasteiger partial charge >= 0.3 is 0 Å². The van der Waals surface area contributed by atoms with E-state index in [1.165, 1.54) is 18.2 Å². The van der Waals surface area contributed by atoms with Gasteiger partial charge in [0.15, 0.2) is 0 Å². The van der Waals surface area contributed by atoms with Gasteiger partial charge in [0.1, 0.15) is 17.5 Å². The molecule has 0 aliphatic carbocycles. The summed E-state index contributed by atoms with van der Waals surface area (Å²) in [5.74, 6) is -2.57. The Balaban J connectivity index is 2.54. The molecule has 104 valence electrons. The summed E-state index contributed by atoms with van der Waals surface area (Å²) in [6.45, 7) is 0. The van der Waals surface area contributed by atoms with E-state index < -0.39 is 23.0 Å². The molecule has 0 spiro atoms. The zero-order chi connectivity index (χ0) is 14.9. The van der Waals surface area contributed by atoms with Gasteiger partial charge in [-0.2, -0.15) is 0 Å². The van der Waals surface area contributed by atoms with Crippen molar-refractivity contribution in [2.75, 3.05) is 0 Å². The number of rotatable bonds is 2. The zero-order valence-corrected chi connectivity index (χ0v) is 11.4. The van der Waals surface area contributed by atoms with Crippen molar-refractivity contribution in [3.8, 4) is 0 Å². The summed E-state index contributed by atoms with van der Waals surface area (Å²) >= 11 is 11.1. The number of halogens is 5. The molecular formula is C14H8Cl2F3N. The highest BCUT2D eigenvalue weighted by atomic mass is 35.5. The molecule has 0 saturated heterocycles. The van der Waals surface area contributed by atoms with Crippen molar-refractivity contribution in [1.82, 2.24) is 0 Å². The van der Waals surface area contributed by atoms with Crippen molar-refractivity contribution in [3.63, 3.8) is 0 Å². The largest absolute Gasteiger partial charge is 0.398 e. The van der Waals surface area contributed by atoms with E-state index in [4.69, 9.17) is 28.9 Å². The van der Waals surface area contributed by atoms with Crippen LogP contribution >= 0.6 is 23.2 Å². The van der Waals surface area contributed by atoms with Crippen LogP contribution in [-0.4, -0.2) is 0 Å². The minimum Gasteiger partial charge on any atom is -0.398 e. The second-order valence-corrected chi connectivity index (χ2v) is 4.83. The van der Waals surface area contributed by atoms with Crippen LogP contribution in [0.2, 0.25) is 10.0 Å². The fourth-order valence-corrected chi connectivity index (χ4v) is 2.06. The fourth-order valence-electron chi connectivity index (χ4n) is 1.69. The SMILES string of the molecule is N/C(=C\c1cccc(Cl)c1F)c1c(F)cc(Cl)cc1F. The van der Waals surface area contributed by atoms with Gasteiger partial charge in [0.2, 0.25) is 0 Å². The van der Waals surface area contributed by atoms with Crippen molar-refractivity contribution < 1.29 is 13.2 Å². The van der Waals surface area contributed by atoms with Crippen molar-refractivity contribution in [2.24, 2.45) is 5.73 Å². The zero-order valence-electron chi connectivity index (χ0n) is 9.93. The summed E-state index contributed by atoms with van der Waals surface area (Å²) in [6, 6.07) is 6.09. The Kier molecular flexibility index (Phi) is 4.26. The molecule has 0 bridgehead atoms. The number of benzene rings is 2. The highest BCUT2D eigenvalue weighted by molar-refractivity contribution is 6.31. The highest BCUT2D eigenvalue weighted by Crippen LogP contribution is 2.26. The minimum atomic E-state index is -0.925. The maximum atomic E-state index is 13.7. The molecule has 0 aliphatic heterocycles. The van der Waals surface area contributed by atoms with Crippen LogP contribution < -0.4 is 5.73 Å². The Bertz CT molecular complexity index is 676. The van der Waals surface area contributed by atoms with E-state index in [2.05, 4.69) is 0 Å². The van der Waals surface area contributed by atoms with Crippen LogP contribution in [0.25, 0.3) is 11.8 Å². The Morgan fingerprint density at radius 1 is 1.05 bits per heavy atom. The van der Waals surface area contributed by atoms with Crippen molar-refractivity contribution >= 4 is 35.0 Å². The average Bonchev–Trinajstić information content (AvgIpc) is 2.33.